The molecule has 2 aromatic heterocycles. The van der Waals surface area contributed by atoms with Crippen LogP contribution in [0, 0.1) is 0 Å². The van der Waals surface area contributed by atoms with Gasteiger partial charge in [-0.3, -0.25) is 19.2 Å². The average molecular weight is 440 g/mol. The predicted molar refractivity (Wildman–Crippen MR) is 123 cm³/mol. The molecule has 162 valence electrons. The standard InChI is InChI=1S/C26H16O7/c1-12(27)16-10-18-25(31)17-9-14(29)7-8-21(17)33-26(18)22(13(2)28)23(16)19-11-32-20-6-4-3-5-15(20)24(19)30/h3-11,29H,1-2H3. The van der Waals surface area contributed by atoms with Crippen molar-refractivity contribution < 1.29 is 23.5 Å². The lowest BCUT2D eigenvalue weighted by molar-refractivity contribution is 0.101. The van der Waals surface area contributed by atoms with E-state index in [1.165, 1.54) is 44.4 Å². The first-order chi connectivity index (χ1) is 15.8. The summed E-state index contributed by atoms with van der Waals surface area (Å²) in [4.78, 5) is 52.0. The average Bonchev–Trinajstić information content (AvgIpc) is 2.79. The van der Waals surface area contributed by atoms with Gasteiger partial charge in [0.05, 0.1) is 27.3 Å². The highest BCUT2D eigenvalue weighted by molar-refractivity contribution is 6.17. The maximum Gasteiger partial charge on any atom is 0.200 e. The normalized spacial score (nSPS) is 11.3. The van der Waals surface area contributed by atoms with Gasteiger partial charge in [0, 0.05) is 11.1 Å². The van der Waals surface area contributed by atoms with E-state index >= 15 is 0 Å². The second-order valence-electron chi connectivity index (χ2n) is 7.75. The monoisotopic (exact) mass is 440 g/mol. The highest BCUT2D eigenvalue weighted by Gasteiger charge is 2.26. The summed E-state index contributed by atoms with van der Waals surface area (Å²) in [6, 6.07) is 12.0. The van der Waals surface area contributed by atoms with Crippen molar-refractivity contribution in [3.8, 4) is 16.9 Å². The Morgan fingerprint density at radius 3 is 2.30 bits per heavy atom. The number of ketones is 2. The molecular weight excluding hydrogens is 424 g/mol. The van der Waals surface area contributed by atoms with E-state index in [9.17, 15) is 24.3 Å². The fraction of sp³-hybridized carbons (Fsp3) is 0.0769. The van der Waals surface area contributed by atoms with Gasteiger partial charge in [0.15, 0.2) is 11.6 Å². The van der Waals surface area contributed by atoms with Crippen molar-refractivity contribution in [2.75, 3.05) is 0 Å². The number of carbonyl (C=O) groups is 2. The lowest BCUT2D eigenvalue weighted by Crippen LogP contribution is -2.14. The smallest absolute Gasteiger partial charge is 0.200 e. The van der Waals surface area contributed by atoms with Crippen molar-refractivity contribution in [2.24, 2.45) is 0 Å². The first kappa shape index (κ1) is 20.4. The van der Waals surface area contributed by atoms with Gasteiger partial charge in [-0.05, 0) is 50.2 Å². The van der Waals surface area contributed by atoms with Crippen LogP contribution in [0.3, 0.4) is 0 Å². The molecule has 1 N–H and O–H groups in total. The van der Waals surface area contributed by atoms with Crippen LogP contribution < -0.4 is 10.9 Å². The quantitative estimate of drug-likeness (QED) is 0.316. The molecule has 0 fully saturated rings. The number of fused-ring (bicyclic) bond motifs is 3. The highest BCUT2D eigenvalue weighted by atomic mass is 16.3. The van der Waals surface area contributed by atoms with Gasteiger partial charge in [-0.2, -0.15) is 0 Å². The van der Waals surface area contributed by atoms with Crippen LogP contribution in [0.5, 0.6) is 5.75 Å². The minimum atomic E-state index is -0.510. The Balaban J connectivity index is 2.03. The largest absolute Gasteiger partial charge is 0.508 e. The fourth-order valence-corrected chi connectivity index (χ4v) is 4.12. The van der Waals surface area contributed by atoms with E-state index in [1.54, 1.807) is 24.3 Å². The third-order valence-electron chi connectivity index (χ3n) is 5.62. The molecule has 0 aliphatic carbocycles. The Labute approximate surface area is 185 Å². The number of phenols is 1. The van der Waals surface area contributed by atoms with Gasteiger partial charge >= 0.3 is 0 Å². The Bertz CT molecular complexity index is 1770. The number of rotatable bonds is 3. The molecule has 0 atom stereocenters. The molecule has 2 heterocycles. The summed E-state index contributed by atoms with van der Waals surface area (Å²) in [6.45, 7) is 2.55. The molecule has 0 amide bonds. The molecule has 0 spiro atoms. The van der Waals surface area contributed by atoms with Gasteiger partial charge in [0.25, 0.3) is 0 Å². The molecule has 0 bridgehead atoms. The van der Waals surface area contributed by atoms with E-state index in [2.05, 4.69) is 0 Å². The molecule has 0 unspecified atom stereocenters. The van der Waals surface area contributed by atoms with Crippen molar-refractivity contribution in [1.29, 1.82) is 0 Å². The van der Waals surface area contributed by atoms with Crippen LogP contribution in [0.15, 0.2) is 73.2 Å². The minimum Gasteiger partial charge on any atom is -0.508 e. The second kappa shape index (κ2) is 7.27. The summed E-state index contributed by atoms with van der Waals surface area (Å²) >= 11 is 0. The van der Waals surface area contributed by atoms with Crippen molar-refractivity contribution in [3.63, 3.8) is 0 Å². The lowest BCUT2D eigenvalue weighted by Gasteiger charge is -2.15. The summed E-state index contributed by atoms with van der Waals surface area (Å²) < 4.78 is 11.5. The minimum absolute atomic E-state index is 0.00238. The zero-order chi connectivity index (χ0) is 23.4. The summed E-state index contributed by atoms with van der Waals surface area (Å²) in [5.74, 6) is -1.07. The number of hydrogen-bond acceptors (Lipinski definition) is 7. The number of para-hydroxylation sites is 1. The first-order valence-corrected chi connectivity index (χ1v) is 10.1. The van der Waals surface area contributed by atoms with Crippen LogP contribution in [0.1, 0.15) is 34.6 Å². The molecule has 5 aromatic rings. The van der Waals surface area contributed by atoms with Crippen LogP contribution in [0.2, 0.25) is 0 Å². The maximum absolute atomic E-state index is 13.3. The Morgan fingerprint density at radius 2 is 1.58 bits per heavy atom. The second-order valence-corrected chi connectivity index (χ2v) is 7.75. The van der Waals surface area contributed by atoms with Gasteiger partial charge in [0.2, 0.25) is 10.9 Å². The van der Waals surface area contributed by atoms with Crippen molar-refractivity contribution >= 4 is 44.5 Å². The molecule has 0 aliphatic rings. The van der Waals surface area contributed by atoms with Gasteiger partial charge in [-0.15, -0.1) is 0 Å². The molecule has 5 rings (SSSR count). The number of carbonyl (C=O) groups excluding carboxylic acids is 2. The van der Waals surface area contributed by atoms with Crippen molar-refractivity contribution in [2.45, 2.75) is 13.8 Å². The lowest BCUT2D eigenvalue weighted by atomic mass is 9.88. The van der Waals surface area contributed by atoms with Gasteiger partial charge in [-0.25, -0.2) is 0 Å². The number of aromatic hydroxyl groups is 1. The number of Topliss-reactive ketones (excluding diaryl/α,β-unsaturated/α-hetero) is 2. The van der Waals surface area contributed by atoms with E-state index in [0.717, 1.165) is 0 Å². The third kappa shape index (κ3) is 3.05. The van der Waals surface area contributed by atoms with E-state index in [4.69, 9.17) is 8.83 Å². The van der Waals surface area contributed by atoms with Crippen LogP contribution in [-0.4, -0.2) is 16.7 Å². The summed E-state index contributed by atoms with van der Waals surface area (Å²) in [7, 11) is 0. The number of phenolic OH excluding ortho intramolecular Hbond substituents is 1. The molecule has 0 aliphatic heterocycles. The van der Waals surface area contributed by atoms with Gasteiger partial charge in [-0.1, -0.05) is 12.1 Å². The summed E-state index contributed by atoms with van der Waals surface area (Å²) in [5.41, 5.74) is -0.438. The van der Waals surface area contributed by atoms with E-state index in [1.807, 2.05) is 0 Å². The van der Waals surface area contributed by atoms with Gasteiger partial charge < -0.3 is 13.9 Å². The summed E-state index contributed by atoms with van der Waals surface area (Å²) in [6.07, 6.45) is 1.21. The zero-order valence-corrected chi connectivity index (χ0v) is 17.6. The van der Waals surface area contributed by atoms with E-state index < -0.39 is 22.4 Å². The molecule has 33 heavy (non-hydrogen) atoms. The van der Waals surface area contributed by atoms with Crippen LogP contribution in [-0.2, 0) is 0 Å². The maximum atomic E-state index is 13.3. The first-order valence-electron chi connectivity index (χ1n) is 10.1. The molecule has 3 aromatic carbocycles. The van der Waals surface area contributed by atoms with E-state index in [0.29, 0.717) is 5.58 Å². The topological polar surface area (TPSA) is 115 Å². The fourth-order valence-electron chi connectivity index (χ4n) is 4.12. The molecular formula is C26H16O7. The van der Waals surface area contributed by atoms with Crippen molar-refractivity contribution in [1.82, 2.24) is 0 Å². The van der Waals surface area contributed by atoms with Crippen LogP contribution in [0.25, 0.3) is 44.0 Å². The Hall–Kier alpha value is -4.52. The van der Waals surface area contributed by atoms with Crippen LogP contribution in [0.4, 0.5) is 0 Å². The Kier molecular flexibility index (Phi) is 4.49. The molecule has 0 saturated heterocycles. The number of benzene rings is 3. The highest BCUT2D eigenvalue weighted by Crippen LogP contribution is 2.35. The Morgan fingerprint density at radius 1 is 0.818 bits per heavy atom. The molecule has 0 radical (unpaired) electrons. The molecule has 7 heteroatoms. The predicted octanol–water partition coefficient (Wildman–Crippen LogP) is 4.83. The van der Waals surface area contributed by atoms with Crippen LogP contribution >= 0.6 is 0 Å². The molecule has 0 saturated carbocycles. The summed E-state index contributed by atoms with van der Waals surface area (Å²) in [5, 5.41) is 10.2. The third-order valence-corrected chi connectivity index (χ3v) is 5.62. The SMILES string of the molecule is CC(=O)c1cc2c(=O)c3cc(O)ccc3oc2c(C(C)=O)c1-c1coc2ccccc2c1=O. The molecule has 7 nitrogen and oxygen atoms in total. The van der Waals surface area contributed by atoms with Crippen molar-refractivity contribution in [3.05, 3.63) is 86.4 Å². The zero-order valence-electron chi connectivity index (χ0n) is 17.6. The van der Waals surface area contributed by atoms with E-state index in [-0.39, 0.29) is 55.3 Å². The van der Waals surface area contributed by atoms with Gasteiger partial charge in [0.1, 0.15) is 28.8 Å². The number of hydrogen-bond donors (Lipinski definition) is 1.